The number of hydrogen-bond donors (Lipinski definition) is 0. The van der Waals surface area contributed by atoms with Crippen molar-refractivity contribution in [2.75, 3.05) is 0 Å². The van der Waals surface area contributed by atoms with Crippen LogP contribution in [0.25, 0.3) is 0 Å². The lowest BCUT2D eigenvalue weighted by molar-refractivity contribution is 0.455. The maximum Gasteiger partial charge on any atom is 0.226 e. The second-order valence-corrected chi connectivity index (χ2v) is 3.24. The first kappa shape index (κ1) is 9.86. The standard InChI is InChI=1S/C10H8ClN3O/c1-7-9(11)13-6-14-10(7)15-8-3-2-4-12-5-8/h2-6H,1H3. The van der Waals surface area contributed by atoms with Crippen LogP contribution in [0.15, 0.2) is 30.9 Å². The quantitative estimate of drug-likeness (QED) is 0.732. The number of aromatic nitrogens is 3. The Bertz CT molecular complexity index is 461. The highest BCUT2D eigenvalue weighted by Crippen LogP contribution is 2.24. The van der Waals surface area contributed by atoms with Crippen molar-refractivity contribution >= 4 is 11.6 Å². The van der Waals surface area contributed by atoms with E-state index in [9.17, 15) is 0 Å². The fourth-order valence-electron chi connectivity index (χ4n) is 1.04. The van der Waals surface area contributed by atoms with Gasteiger partial charge in [0.1, 0.15) is 17.2 Å². The summed E-state index contributed by atoms with van der Waals surface area (Å²) in [4.78, 5) is 11.8. The van der Waals surface area contributed by atoms with E-state index in [1.807, 2.05) is 0 Å². The van der Waals surface area contributed by atoms with Crippen LogP contribution < -0.4 is 4.74 Å². The molecule has 4 nitrogen and oxygen atoms in total. The van der Waals surface area contributed by atoms with E-state index in [0.29, 0.717) is 22.3 Å². The molecule has 0 bridgehead atoms. The summed E-state index contributed by atoms with van der Waals surface area (Å²) in [5, 5.41) is 0.392. The molecule has 0 atom stereocenters. The number of ether oxygens (including phenoxy) is 1. The minimum absolute atomic E-state index is 0.392. The number of hydrogen-bond acceptors (Lipinski definition) is 4. The molecule has 0 saturated carbocycles. The van der Waals surface area contributed by atoms with Crippen molar-refractivity contribution in [1.82, 2.24) is 15.0 Å². The smallest absolute Gasteiger partial charge is 0.226 e. The molecular weight excluding hydrogens is 214 g/mol. The summed E-state index contributed by atoms with van der Waals surface area (Å²) in [6, 6.07) is 3.58. The first-order chi connectivity index (χ1) is 7.27. The zero-order valence-corrected chi connectivity index (χ0v) is 8.77. The van der Waals surface area contributed by atoms with Crippen LogP contribution >= 0.6 is 11.6 Å². The van der Waals surface area contributed by atoms with Gasteiger partial charge in [-0.2, -0.15) is 0 Å². The van der Waals surface area contributed by atoms with E-state index < -0.39 is 0 Å². The van der Waals surface area contributed by atoms with E-state index in [-0.39, 0.29) is 0 Å². The molecule has 15 heavy (non-hydrogen) atoms. The minimum atomic E-state index is 0.392. The van der Waals surface area contributed by atoms with Crippen molar-refractivity contribution in [2.45, 2.75) is 6.92 Å². The third-order valence-corrected chi connectivity index (χ3v) is 2.21. The lowest BCUT2D eigenvalue weighted by Crippen LogP contribution is -1.93. The van der Waals surface area contributed by atoms with Crippen molar-refractivity contribution in [2.24, 2.45) is 0 Å². The zero-order chi connectivity index (χ0) is 10.7. The van der Waals surface area contributed by atoms with Crippen LogP contribution in [-0.4, -0.2) is 15.0 Å². The van der Waals surface area contributed by atoms with Gasteiger partial charge in [0.2, 0.25) is 5.88 Å². The highest BCUT2D eigenvalue weighted by Gasteiger charge is 2.06. The molecule has 2 aromatic rings. The fourth-order valence-corrected chi connectivity index (χ4v) is 1.16. The third-order valence-electron chi connectivity index (χ3n) is 1.83. The third kappa shape index (κ3) is 2.22. The van der Waals surface area contributed by atoms with Gasteiger partial charge >= 0.3 is 0 Å². The van der Waals surface area contributed by atoms with Gasteiger partial charge < -0.3 is 4.74 Å². The number of rotatable bonds is 2. The first-order valence-electron chi connectivity index (χ1n) is 4.32. The summed E-state index contributed by atoms with van der Waals surface area (Å²) >= 11 is 5.83. The van der Waals surface area contributed by atoms with Gasteiger partial charge in [-0.15, -0.1) is 0 Å². The lowest BCUT2D eigenvalue weighted by Gasteiger charge is -2.06. The van der Waals surface area contributed by atoms with Gasteiger partial charge in [-0.25, -0.2) is 9.97 Å². The second-order valence-electron chi connectivity index (χ2n) is 2.89. The van der Waals surface area contributed by atoms with Crippen LogP contribution in [0.3, 0.4) is 0 Å². The molecule has 0 fully saturated rings. The minimum Gasteiger partial charge on any atom is -0.437 e. The Labute approximate surface area is 91.9 Å². The molecule has 76 valence electrons. The molecule has 0 aliphatic carbocycles. The molecule has 0 saturated heterocycles. The summed E-state index contributed by atoms with van der Waals surface area (Å²) < 4.78 is 5.49. The Kier molecular flexibility index (Phi) is 2.78. The highest BCUT2D eigenvalue weighted by atomic mass is 35.5. The monoisotopic (exact) mass is 221 g/mol. The highest BCUT2D eigenvalue weighted by molar-refractivity contribution is 6.30. The summed E-state index contributed by atoms with van der Waals surface area (Å²) in [6.07, 6.45) is 4.64. The van der Waals surface area contributed by atoms with E-state index in [1.54, 1.807) is 31.5 Å². The Morgan fingerprint density at radius 1 is 1.33 bits per heavy atom. The van der Waals surface area contributed by atoms with E-state index >= 15 is 0 Å². The molecule has 0 amide bonds. The second kappa shape index (κ2) is 4.23. The normalized spacial score (nSPS) is 10.0. The van der Waals surface area contributed by atoms with Crippen molar-refractivity contribution in [3.63, 3.8) is 0 Å². The van der Waals surface area contributed by atoms with Crippen LogP contribution in [0.2, 0.25) is 5.15 Å². The fraction of sp³-hybridized carbons (Fsp3) is 0.100. The van der Waals surface area contributed by atoms with Crippen molar-refractivity contribution in [3.05, 3.63) is 41.6 Å². The zero-order valence-electron chi connectivity index (χ0n) is 8.01. The summed E-state index contributed by atoms with van der Waals surface area (Å²) in [5.41, 5.74) is 0.711. The molecule has 2 heterocycles. The van der Waals surface area contributed by atoms with Gasteiger partial charge in [0.25, 0.3) is 0 Å². The van der Waals surface area contributed by atoms with Gasteiger partial charge in [-0.05, 0) is 19.1 Å². The largest absolute Gasteiger partial charge is 0.437 e. The number of nitrogens with zero attached hydrogens (tertiary/aromatic N) is 3. The van der Waals surface area contributed by atoms with Gasteiger partial charge in [0.15, 0.2) is 0 Å². The van der Waals surface area contributed by atoms with Crippen molar-refractivity contribution in [1.29, 1.82) is 0 Å². The molecule has 2 rings (SSSR count). The molecule has 0 unspecified atom stereocenters. The Hall–Kier alpha value is -1.68. The summed E-state index contributed by atoms with van der Waals surface area (Å²) in [7, 11) is 0. The van der Waals surface area contributed by atoms with Gasteiger partial charge in [0, 0.05) is 11.8 Å². The van der Waals surface area contributed by atoms with Crippen LogP contribution in [0.5, 0.6) is 11.6 Å². The Morgan fingerprint density at radius 3 is 2.93 bits per heavy atom. The van der Waals surface area contributed by atoms with Crippen LogP contribution in [0, 0.1) is 6.92 Å². The average molecular weight is 222 g/mol. The van der Waals surface area contributed by atoms with Crippen LogP contribution in [-0.2, 0) is 0 Å². The predicted octanol–water partition coefficient (Wildman–Crippen LogP) is 2.63. The van der Waals surface area contributed by atoms with Gasteiger partial charge in [-0.1, -0.05) is 11.6 Å². The predicted molar refractivity (Wildman–Crippen MR) is 56.1 cm³/mol. The van der Waals surface area contributed by atoms with Gasteiger partial charge in [-0.3, -0.25) is 4.98 Å². The van der Waals surface area contributed by atoms with E-state index in [1.165, 1.54) is 6.33 Å². The van der Waals surface area contributed by atoms with Gasteiger partial charge in [0.05, 0.1) is 6.20 Å². The topological polar surface area (TPSA) is 47.9 Å². The molecule has 0 aliphatic rings. The number of halogens is 1. The molecule has 5 heteroatoms. The SMILES string of the molecule is Cc1c(Cl)ncnc1Oc1cccnc1. The molecule has 0 N–H and O–H groups in total. The Balaban J connectivity index is 2.29. The van der Waals surface area contributed by atoms with Crippen LogP contribution in [0.1, 0.15) is 5.56 Å². The summed E-state index contributed by atoms with van der Waals surface area (Å²) in [6.45, 7) is 1.80. The molecule has 0 aromatic carbocycles. The van der Waals surface area contributed by atoms with E-state index in [0.717, 1.165) is 0 Å². The van der Waals surface area contributed by atoms with E-state index in [2.05, 4.69) is 15.0 Å². The number of pyridine rings is 1. The average Bonchev–Trinajstić information content (AvgIpc) is 2.26. The summed E-state index contributed by atoms with van der Waals surface area (Å²) in [5.74, 6) is 1.07. The van der Waals surface area contributed by atoms with Crippen molar-refractivity contribution < 1.29 is 4.74 Å². The Morgan fingerprint density at radius 2 is 2.20 bits per heavy atom. The van der Waals surface area contributed by atoms with Crippen LogP contribution in [0.4, 0.5) is 0 Å². The molecule has 0 spiro atoms. The molecular formula is C10H8ClN3O. The van der Waals surface area contributed by atoms with Crippen molar-refractivity contribution in [3.8, 4) is 11.6 Å². The first-order valence-corrected chi connectivity index (χ1v) is 4.70. The molecule has 0 aliphatic heterocycles. The molecule has 0 radical (unpaired) electrons. The lowest BCUT2D eigenvalue weighted by atomic mass is 10.4. The maximum absolute atomic E-state index is 5.83. The van der Waals surface area contributed by atoms with E-state index in [4.69, 9.17) is 16.3 Å². The molecule has 2 aromatic heterocycles. The maximum atomic E-state index is 5.83.